The minimum absolute atomic E-state index is 0.0628. The lowest BCUT2D eigenvalue weighted by molar-refractivity contribution is 0.571. The maximum atomic E-state index is 6.44. The number of rotatable bonds is 5. The van der Waals surface area contributed by atoms with Crippen LogP contribution in [0.1, 0.15) is 33.5 Å². The molecule has 0 saturated carbocycles. The van der Waals surface area contributed by atoms with Gasteiger partial charge in [-0.2, -0.15) is 0 Å². The highest BCUT2D eigenvalue weighted by atomic mass is 35.6. The zero-order valence-corrected chi connectivity index (χ0v) is 25.5. The largest absolute Gasteiger partial charge is 0.334 e. The van der Waals surface area contributed by atoms with Gasteiger partial charge in [0.25, 0.3) is 0 Å². The number of fused-ring (bicyclic) bond motifs is 2. The maximum Gasteiger partial charge on any atom is 0.194 e. The zero-order chi connectivity index (χ0) is 28.9. The maximum absolute atomic E-state index is 6.44. The number of halogens is 3. The Labute approximate surface area is 262 Å². The van der Waals surface area contributed by atoms with Crippen molar-refractivity contribution in [3.63, 3.8) is 0 Å². The molecule has 2 heterocycles. The molecule has 1 unspecified atom stereocenters. The number of hydrogen-bond acceptors (Lipinski definition) is 3. The highest BCUT2D eigenvalue weighted by Gasteiger charge is 2.48. The van der Waals surface area contributed by atoms with Crippen LogP contribution in [0.15, 0.2) is 121 Å². The van der Waals surface area contributed by atoms with Gasteiger partial charge < -0.3 is 9.80 Å². The molecule has 2 aliphatic rings. The number of anilines is 3. The minimum Gasteiger partial charge on any atom is -0.334 e. The van der Waals surface area contributed by atoms with Crippen LogP contribution in [0, 0.1) is 12.8 Å². The van der Waals surface area contributed by atoms with E-state index < -0.39 is 9.33 Å². The van der Waals surface area contributed by atoms with Gasteiger partial charge in [0, 0.05) is 23.5 Å². The van der Waals surface area contributed by atoms with E-state index in [2.05, 4.69) is 130 Å². The number of nitrogens with zero attached hydrogens (tertiary/aromatic N) is 3. The highest BCUT2D eigenvalue weighted by molar-refractivity contribution is 6.67. The molecule has 0 bridgehead atoms. The number of aryl methyl sites for hydroxylation is 1. The van der Waals surface area contributed by atoms with E-state index in [9.17, 15) is 0 Å². The van der Waals surface area contributed by atoms with Crippen molar-refractivity contribution in [2.24, 2.45) is 5.92 Å². The summed E-state index contributed by atoms with van der Waals surface area (Å²) in [6.45, 7) is 2.68. The van der Waals surface area contributed by atoms with Gasteiger partial charge in [0.05, 0.1) is 18.0 Å². The molecule has 7 rings (SSSR count). The van der Waals surface area contributed by atoms with Gasteiger partial charge in [-0.25, -0.2) is 0 Å². The molecule has 0 N–H and O–H groups in total. The molecule has 1 aliphatic heterocycles. The quantitative estimate of drug-likeness (QED) is 0.146. The van der Waals surface area contributed by atoms with Crippen molar-refractivity contribution < 1.29 is 0 Å². The minimum atomic E-state index is -1.31. The van der Waals surface area contributed by atoms with Crippen molar-refractivity contribution in [3.8, 4) is 0 Å². The Bertz CT molecular complexity index is 1620. The van der Waals surface area contributed by atoms with Gasteiger partial charge in [-0.05, 0) is 71.8 Å². The SMILES string of the molecule is Cc1cc(N2CN(C(c3ccccc3)(c3ccccc3)c3ccccc3)c3cc4c(cc32)CC(C(Cl)(Cl)Cl)C4)ccn1. The van der Waals surface area contributed by atoms with Gasteiger partial charge in [-0.3, -0.25) is 4.98 Å². The van der Waals surface area contributed by atoms with Gasteiger partial charge in [0.15, 0.2) is 3.79 Å². The summed E-state index contributed by atoms with van der Waals surface area (Å²) >= 11 is 19.3. The van der Waals surface area contributed by atoms with Gasteiger partial charge in [0.2, 0.25) is 0 Å². The van der Waals surface area contributed by atoms with E-state index in [1.165, 1.54) is 27.8 Å². The average molecular weight is 611 g/mol. The molecule has 0 amide bonds. The van der Waals surface area contributed by atoms with E-state index in [1.807, 2.05) is 13.1 Å². The number of aromatic nitrogens is 1. The predicted molar refractivity (Wildman–Crippen MR) is 175 cm³/mol. The summed E-state index contributed by atoms with van der Waals surface area (Å²) < 4.78 is -1.31. The number of hydrogen-bond donors (Lipinski definition) is 0. The molecule has 42 heavy (non-hydrogen) atoms. The highest BCUT2D eigenvalue weighted by Crippen LogP contribution is 2.54. The molecule has 1 aliphatic carbocycles. The lowest BCUT2D eigenvalue weighted by Crippen LogP contribution is -2.49. The van der Waals surface area contributed by atoms with E-state index in [1.54, 1.807) is 0 Å². The van der Waals surface area contributed by atoms with Gasteiger partial charge in [-0.15, -0.1) is 0 Å². The Morgan fingerprint density at radius 3 is 1.64 bits per heavy atom. The molecule has 0 fully saturated rings. The summed E-state index contributed by atoms with van der Waals surface area (Å²) in [6.07, 6.45) is 3.36. The summed E-state index contributed by atoms with van der Waals surface area (Å²) in [6, 6.07) is 41.4. The van der Waals surface area contributed by atoms with Crippen LogP contribution in [0.2, 0.25) is 0 Å². The van der Waals surface area contributed by atoms with Crippen molar-refractivity contribution in [1.82, 2.24) is 4.98 Å². The molecule has 0 radical (unpaired) electrons. The van der Waals surface area contributed by atoms with Crippen molar-refractivity contribution in [3.05, 3.63) is 155 Å². The monoisotopic (exact) mass is 609 g/mol. The third-order valence-corrected chi connectivity index (χ3v) is 9.65. The fourth-order valence-corrected chi connectivity index (χ4v) is 7.28. The fraction of sp³-hybridized carbons (Fsp3) is 0.194. The lowest BCUT2D eigenvalue weighted by Gasteiger charge is -2.45. The van der Waals surface area contributed by atoms with Crippen LogP contribution in [0.5, 0.6) is 0 Å². The molecular weight excluding hydrogens is 581 g/mol. The summed E-state index contributed by atoms with van der Waals surface area (Å²) in [5.41, 5.74) is 9.84. The normalized spacial score (nSPS) is 16.4. The number of alkyl halides is 3. The molecule has 0 saturated heterocycles. The topological polar surface area (TPSA) is 19.4 Å². The zero-order valence-electron chi connectivity index (χ0n) is 23.2. The van der Waals surface area contributed by atoms with Gasteiger partial charge in [0.1, 0.15) is 5.54 Å². The van der Waals surface area contributed by atoms with Crippen LogP contribution in [0.25, 0.3) is 0 Å². The third kappa shape index (κ3) is 4.55. The van der Waals surface area contributed by atoms with E-state index >= 15 is 0 Å². The summed E-state index contributed by atoms with van der Waals surface area (Å²) in [4.78, 5) is 9.44. The van der Waals surface area contributed by atoms with Crippen molar-refractivity contribution in [1.29, 1.82) is 0 Å². The first-order chi connectivity index (χ1) is 20.4. The Kier molecular flexibility index (Phi) is 6.93. The summed E-state index contributed by atoms with van der Waals surface area (Å²) in [5.74, 6) is -0.0628. The van der Waals surface area contributed by atoms with E-state index in [-0.39, 0.29) is 5.92 Å². The molecule has 6 heteroatoms. The van der Waals surface area contributed by atoms with Crippen molar-refractivity contribution in [2.75, 3.05) is 16.5 Å². The Hall–Kier alpha value is -3.50. The first-order valence-corrected chi connectivity index (χ1v) is 15.4. The third-order valence-electron chi connectivity index (χ3n) is 8.73. The van der Waals surface area contributed by atoms with Crippen LogP contribution < -0.4 is 9.80 Å². The van der Waals surface area contributed by atoms with E-state index in [0.29, 0.717) is 6.67 Å². The molecule has 3 nitrogen and oxygen atoms in total. The second-order valence-corrected chi connectivity index (χ2v) is 13.6. The van der Waals surface area contributed by atoms with Crippen molar-refractivity contribution >= 4 is 51.9 Å². The Morgan fingerprint density at radius 2 is 1.17 bits per heavy atom. The van der Waals surface area contributed by atoms with E-state index in [4.69, 9.17) is 34.8 Å². The predicted octanol–water partition coefficient (Wildman–Crippen LogP) is 9.38. The second kappa shape index (κ2) is 10.6. The molecular formula is C36H30Cl3N3. The first kappa shape index (κ1) is 27.3. The smallest absolute Gasteiger partial charge is 0.194 e. The van der Waals surface area contributed by atoms with Crippen molar-refractivity contribution in [2.45, 2.75) is 29.1 Å². The lowest BCUT2D eigenvalue weighted by atomic mass is 9.75. The van der Waals surface area contributed by atoms with Crippen LogP contribution in [-0.4, -0.2) is 15.4 Å². The van der Waals surface area contributed by atoms with Gasteiger partial charge in [-0.1, -0.05) is 126 Å². The van der Waals surface area contributed by atoms with Crippen LogP contribution in [0.3, 0.4) is 0 Å². The Balaban J connectivity index is 1.51. The van der Waals surface area contributed by atoms with Crippen LogP contribution in [0.4, 0.5) is 17.1 Å². The fourth-order valence-electron chi connectivity index (χ4n) is 6.82. The number of pyridine rings is 1. The number of benzene rings is 4. The molecule has 210 valence electrons. The summed E-state index contributed by atoms with van der Waals surface area (Å²) in [5, 5.41) is 0. The Morgan fingerprint density at radius 1 is 0.667 bits per heavy atom. The molecule has 5 aromatic rings. The molecule has 1 aromatic heterocycles. The molecule has 0 spiro atoms. The first-order valence-electron chi connectivity index (χ1n) is 14.2. The molecule has 1 atom stereocenters. The van der Waals surface area contributed by atoms with Gasteiger partial charge >= 0.3 is 0 Å². The van der Waals surface area contributed by atoms with Crippen LogP contribution in [-0.2, 0) is 18.4 Å². The standard InChI is InChI=1S/C36H30Cl3N3/c1-25-19-32(17-18-40-25)41-24-42(34-23-27-21-31(36(37,38)39)20-26(27)22-33(34)41)35(28-11-5-2-6-12-28,29-13-7-3-8-14-29)30-15-9-4-10-16-30/h2-19,22-23,31H,20-21,24H2,1H3. The van der Waals surface area contributed by atoms with Crippen LogP contribution >= 0.6 is 34.8 Å². The average Bonchev–Trinajstić information content (AvgIpc) is 3.60. The second-order valence-electron chi connectivity index (χ2n) is 11.2. The van der Waals surface area contributed by atoms with E-state index in [0.717, 1.165) is 35.6 Å². The summed E-state index contributed by atoms with van der Waals surface area (Å²) in [7, 11) is 0. The molecule has 4 aromatic carbocycles.